The summed E-state index contributed by atoms with van der Waals surface area (Å²) in [5, 5.41) is 0.523. The maximum atomic E-state index is 13.0. The summed E-state index contributed by atoms with van der Waals surface area (Å²) in [7, 11) is -3.86. The van der Waals surface area contributed by atoms with Gasteiger partial charge in [0.15, 0.2) is 5.78 Å². The Kier molecular flexibility index (Phi) is 6.90. The molecule has 29 heavy (non-hydrogen) atoms. The molecule has 0 aliphatic rings. The summed E-state index contributed by atoms with van der Waals surface area (Å²) in [5.41, 5.74) is 2.06. The molecule has 0 amide bonds. The Morgan fingerprint density at radius 1 is 0.931 bits per heavy atom. The normalized spacial score (nSPS) is 13.6. The summed E-state index contributed by atoms with van der Waals surface area (Å²) < 4.78 is 28.7. The third kappa shape index (κ3) is 5.34. The van der Waals surface area contributed by atoms with Crippen LogP contribution in [0.25, 0.3) is 0 Å². The van der Waals surface area contributed by atoms with Gasteiger partial charge in [-0.2, -0.15) is 0 Å². The molecule has 0 spiro atoms. The lowest BCUT2D eigenvalue weighted by Crippen LogP contribution is -2.37. The molecule has 0 saturated carbocycles. The molecule has 0 aliphatic carbocycles. The van der Waals surface area contributed by atoms with Crippen LogP contribution in [0.1, 0.15) is 27.5 Å². The number of benzene rings is 3. The van der Waals surface area contributed by atoms with Crippen molar-refractivity contribution < 1.29 is 13.2 Å². The standard InChI is InChI=1S/C22H19BrClNO3S/c1-15-7-13-19(14-8-15)29(27,28)25-21(16-9-11-18(24)12-10-16)20(23)22(26)17-5-3-2-4-6-17/h2-14,20-21,25H,1H3/t20-,21-/m1/s1. The van der Waals surface area contributed by atoms with Crippen molar-refractivity contribution in [2.75, 3.05) is 0 Å². The van der Waals surface area contributed by atoms with E-state index in [-0.39, 0.29) is 10.7 Å². The molecule has 0 aliphatic heterocycles. The molecule has 0 radical (unpaired) electrons. The minimum absolute atomic E-state index is 0.133. The number of carbonyl (C=O) groups excluding carboxylic acids is 1. The van der Waals surface area contributed by atoms with Crippen LogP contribution in [0.15, 0.2) is 83.8 Å². The van der Waals surface area contributed by atoms with Crippen LogP contribution in [0.3, 0.4) is 0 Å². The molecule has 0 saturated heterocycles. The topological polar surface area (TPSA) is 63.2 Å². The van der Waals surface area contributed by atoms with Crippen LogP contribution in [0.4, 0.5) is 0 Å². The molecule has 3 rings (SSSR count). The Morgan fingerprint density at radius 2 is 1.52 bits per heavy atom. The van der Waals surface area contributed by atoms with Crippen molar-refractivity contribution in [1.29, 1.82) is 0 Å². The number of rotatable bonds is 7. The Hall–Kier alpha value is -1.99. The minimum atomic E-state index is -3.86. The molecule has 3 aromatic rings. The van der Waals surface area contributed by atoms with Crippen molar-refractivity contribution in [3.63, 3.8) is 0 Å². The molecule has 0 unspecified atom stereocenters. The van der Waals surface area contributed by atoms with E-state index in [0.29, 0.717) is 16.1 Å². The molecule has 2 atom stereocenters. The van der Waals surface area contributed by atoms with Crippen molar-refractivity contribution in [3.8, 4) is 0 Å². The van der Waals surface area contributed by atoms with Crippen molar-refractivity contribution in [2.45, 2.75) is 22.7 Å². The van der Waals surface area contributed by atoms with Crippen molar-refractivity contribution >= 4 is 43.3 Å². The van der Waals surface area contributed by atoms with E-state index in [2.05, 4.69) is 20.7 Å². The number of hydrogen-bond donors (Lipinski definition) is 1. The van der Waals surface area contributed by atoms with E-state index in [4.69, 9.17) is 11.6 Å². The first-order valence-electron chi connectivity index (χ1n) is 8.86. The molecule has 0 aromatic heterocycles. The van der Waals surface area contributed by atoms with Gasteiger partial charge in [-0.25, -0.2) is 13.1 Å². The lowest BCUT2D eigenvalue weighted by molar-refractivity contribution is 0.0982. The number of sulfonamides is 1. The molecule has 4 nitrogen and oxygen atoms in total. The van der Waals surface area contributed by atoms with Crippen LogP contribution in [-0.4, -0.2) is 19.0 Å². The Bertz CT molecular complexity index is 1090. The van der Waals surface area contributed by atoms with E-state index in [9.17, 15) is 13.2 Å². The van der Waals surface area contributed by atoms with Crippen LogP contribution in [0, 0.1) is 6.92 Å². The number of halogens is 2. The van der Waals surface area contributed by atoms with Crippen LogP contribution in [0.5, 0.6) is 0 Å². The number of alkyl halides is 1. The first kappa shape index (κ1) is 21.7. The number of nitrogens with one attached hydrogen (secondary N) is 1. The molecule has 0 heterocycles. The average Bonchev–Trinajstić information content (AvgIpc) is 2.73. The lowest BCUT2D eigenvalue weighted by atomic mass is 9.98. The predicted molar refractivity (Wildman–Crippen MR) is 119 cm³/mol. The number of ketones is 1. The smallest absolute Gasteiger partial charge is 0.241 e. The van der Waals surface area contributed by atoms with Crippen molar-refractivity contribution in [3.05, 3.63) is 101 Å². The van der Waals surface area contributed by atoms with Gasteiger partial charge in [0.25, 0.3) is 0 Å². The summed E-state index contributed by atoms with van der Waals surface area (Å²) in [4.78, 5) is 12.3. The molecular weight excluding hydrogens is 474 g/mol. The van der Waals surface area contributed by atoms with E-state index >= 15 is 0 Å². The maximum absolute atomic E-state index is 13.0. The molecule has 3 aromatic carbocycles. The first-order valence-corrected chi connectivity index (χ1v) is 11.6. The first-order chi connectivity index (χ1) is 13.8. The van der Waals surface area contributed by atoms with Gasteiger partial charge in [0.1, 0.15) is 0 Å². The molecular formula is C22H19BrClNO3S. The van der Waals surface area contributed by atoms with Gasteiger partial charge < -0.3 is 0 Å². The minimum Gasteiger partial charge on any atom is -0.293 e. The van der Waals surface area contributed by atoms with Gasteiger partial charge in [-0.05, 0) is 36.8 Å². The fraction of sp³-hybridized carbons (Fsp3) is 0.136. The second kappa shape index (κ2) is 9.22. The van der Waals surface area contributed by atoms with Crippen LogP contribution in [-0.2, 0) is 10.0 Å². The highest BCUT2D eigenvalue weighted by Gasteiger charge is 2.32. The van der Waals surface area contributed by atoms with Crippen molar-refractivity contribution in [2.24, 2.45) is 0 Å². The highest BCUT2D eigenvalue weighted by atomic mass is 79.9. The van der Waals surface area contributed by atoms with Gasteiger partial charge >= 0.3 is 0 Å². The number of aryl methyl sites for hydroxylation is 1. The van der Waals surface area contributed by atoms with Gasteiger partial charge in [-0.3, -0.25) is 4.79 Å². The van der Waals surface area contributed by atoms with Gasteiger partial charge in [-0.1, -0.05) is 87.7 Å². The zero-order valence-electron chi connectivity index (χ0n) is 15.5. The number of Topliss-reactive ketones (excluding diaryl/α,β-unsaturated/α-hetero) is 1. The Labute approximate surface area is 184 Å². The largest absolute Gasteiger partial charge is 0.293 e. The van der Waals surface area contributed by atoms with Gasteiger partial charge in [-0.15, -0.1) is 0 Å². The summed E-state index contributed by atoms with van der Waals surface area (Å²) in [6.45, 7) is 1.88. The predicted octanol–water partition coefficient (Wildman–Crippen LogP) is 5.31. The van der Waals surface area contributed by atoms with Gasteiger partial charge in [0.2, 0.25) is 10.0 Å². The molecule has 7 heteroatoms. The van der Waals surface area contributed by atoms with Crippen LogP contribution < -0.4 is 4.72 Å². The number of hydrogen-bond acceptors (Lipinski definition) is 3. The molecule has 0 bridgehead atoms. The average molecular weight is 493 g/mol. The number of carbonyl (C=O) groups is 1. The van der Waals surface area contributed by atoms with E-state index in [1.54, 1.807) is 72.8 Å². The maximum Gasteiger partial charge on any atom is 0.241 e. The summed E-state index contributed by atoms with van der Waals surface area (Å²) in [6.07, 6.45) is 0. The monoisotopic (exact) mass is 491 g/mol. The van der Waals surface area contributed by atoms with E-state index in [0.717, 1.165) is 5.56 Å². The fourth-order valence-electron chi connectivity index (χ4n) is 2.83. The fourth-order valence-corrected chi connectivity index (χ4v) is 5.07. The summed E-state index contributed by atoms with van der Waals surface area (Å²) in [6, 6.07) is 21.2. The molecule has 1 N–H and O–H groups in total. The third-order valence-corrected chi connectivity index (χ3v) is 7.10. The van der Waals surface area contributed by atoms with E-state index < -0.39 is 20.9 Å². The zero-order chi connectivity index (χ0) is 21.0. The summed E-state index contributed by atoms with van der Waals surface area (Å²) in [5.74, 6) is -0.225. The zero-order valence-corrected chi connectivity index (χ0v) is 18.7. The van der Waals surface area contributed by atoms with Crippen LogP contribution in [0.2, 0.25) is 5.02 Å². The van der Waals surface area contributed by atoms with Gasteiger partial charge in [0, 0.05) is 10.6 Å². The quantitative estimate of drug-likeness (QED) is 0.359. The molecule has 0 fully saturated rings. The van der Waals surface area contributed by atoms with E-state index in [1.807, 2.05) is 13.0 Å². The second-order valence-corrected chi connectivity index (χ2v) is 9.73. The van der Waals surface area contributed by atoms with Gasteiger partial charge in [0.05, 0.1) is 15.8 Å². The van der Waals surface area contributed by atoms with Crippen molar-refractivity contribution in [1.82, 2.24) is 4.72 Å². The lowest BCUT2D eigenvalue weighted by Gasteiger charge is -2.24. The highest BCUT2D eigenvalue weighted by molar-refractivity contribution is 9.10. The second-order valence-electron chi connectivity index (χ2n) is 6.60. The summed E-state index contributed by atoms with van der Waals surface area (Å²) >= 11 is 9.41. The third-order valence-electron chi connectivity index (χ3n) is 4.44. The van der Waals surface area contributed by atoms with Crippen LogP contribution >= 0.6 is 27.5 Å². The van der Waals surface area contributed by atoms with E-state index in [1.165, 1.54) is 0 Å². The Morgan fingerprint density at radius 3 is 2.10 bits per heavy atom. The molecule has 150 valence electrons. The highest BCUT2D eigenvalue weighted by Crippen LogP contribution is 2.29. The Balaban J connectivity index is 1.98. The SMILES string of the molecule is Cc1ccc(S(=O)(=O)N[C@H](c2ccc(Cl)cc2)[C@@H](Br)C(=O)c2ccccc2)cc1.